The maximum atomic E-state index is 12.7. The van der Waals surface area contributed by atoms with Gasteiger partial charge in [-0.25, -0.2) is 4.79 Å². The van der Waals surface area contributed by atoms with Gasteiger partial charge in [0.15, 0.2) is 0 Å². The van der Waals surface area contributed by atoms with Gasteiger partial charge < -0.3 is 21.7 Å². The Balaban J connectivity index is 2.06. The summed E-state index contributed by atoms with van der Waals surface area (Å²) in [5.74, 6) is -0.905. The summed E-state index contributed by atoms with van der Waals surface area (Å²) in [5.41, 5.74) is 13.8. The molecule has 2 aromatic rings. The molecular formula is C23H30N4O3. The molecule has 0 aliphatic rings. The SMILES string of the molecule is CC(C)CN(CCC(N)=O)C(=O)N[C@@H](Cc1ccc(-c2ccccc2)cc1)C(N)=O. The van der Waals surface area contributed by atoms with Gasteiger partial charge in [-0.05, 0) is 22.6 Å². The highest BCUT2D eigenvalue weighted by atomic mass is 16.2. The number of amides is 4. The minimum absolute atomic E-state index is 0.0579. The van der Waals surface area contributed by atoms with E-state index in [0.717, 1.165) is 16.7 Å². The zero-order valence-electron chi connectivity index (χ0n) is 17.5. The first kappa shape index (κ1) is 22.9. The van der Waals surface area contributed by atoms with Gasteiger partial charge in [0.1, 0.15) is 6.04 Å². The van der Waals surface area contributed by atoms with Crippen LogP contribution in [0.15, 0.2) is 54.6 Å². The molecule has 0 spiro atoms. The molecule has 2 rings (SSSR count). The molecule has 160 valence electrons. The first-order valence-electron chi connectivity index (χ1n) is 10.0. The summed E-state index contributed by atoms with van der Waals surface area (Å²) >= 11 is 0. The number of hydrogen-bond donors (Lipinski definition) is 3. The number of carbonyl (C=O) groups excluding carboxylic acids is 3. The summed E-state index contributed by atoms with van der Waals surface area (Å²) in [6.45, 7) is 4.56. The molecule has 0 saturated carbocycles. The summed E-state index contributed by atoms with van der Waals surface area (Å²) in [4.78, 5) is 37.2. The van der Waals surface area contributed by atoms with Crippen LogP contribution in [0, 0.1) is 5.92 Å². The Kier molecular flexibility index (Phi) is 8.41. The Labute approximate surface area is 177 Å². The maximum absolute atomic E-state index is 12.7. The molecule has 7 heteroatoms. The van der Waals surface area contributed by atoms with E-state index in [2.05, 4.69) is 5.32 Å². The molecule has 1 atom stereocenters. The Hall–Kier alpha value is -3.35. The van der Waals surface area contributed by atoms with Crippen LogP contribution >= 0.6 is 0 Å². The van der Waals surface area contributed by atoms with E-state index < -0.39 is 23.9 Å². The highest BCUT2D eigenvalue weighted by Gasteiger charge is 2.23. The number of carbonyl (C=O) groups is 3. The number of primary amides is 2. The van der Waals surface area contributed by atoms with E-state index in [0.29, 0.717) is 6.54 Å². The van der Waals surface area contributed by atoms with E-state index in [1.165, 1.54) is 4.90 Å². The van der Waals surface area contributed by atoms with Crippen LogP contribution in [0.2, 0.25) is 0 Å². The molecule has 0 saturated heterocycles. The van der Waals surface area contributed by atoms with E-state index in [1.807, 2.05) is 68.4 Å². The zero-order chi connectivity index (χ0) is 22.1. The van der Waals surface area contributed by atoms with Crippen LogP contribution in [-0.2, 0) is 16.0 Å². The van der Waals surface area contributed by atoms with Crippen LogP contribution in [0.25, 0.3) is 11.1 Å². The normalized spacial score (nSPS) is 11.7. The van der Waals surface area contributed by atoms with E-state index in [9.17, 15) is 14.4 Å². The van der Waals surface area contributed by atoms with E-state index in [1.54, 1.807) is 0 Å². The number of nitrogens with zero attached hydrogens (tertiary/aromatic N) is 1. The molecule has 4 amide bonds. The Morgan fingerprint density at radius 1 is 0.933 bits per heavy atom. The van der Waals surface area contributed by atoms with Crippen LogP contribution in [-0.4, -0.2) is 41.9 Å². The molecule has 0 aromatic heterocycles. The Morgan fingerprint density at radius 3 is 2.07 bits per heavy atom. The molecule has 5 N–H and O–H groups in total. The summed E-state index contributed by atoms with van der Waals surface area (Å²) in [6.07, 6.45) is 0.337. The second-order valence-electron chi connectivity index (χ2n) is 7.73. The van der Waals surface area contributed by atoms with Crippen molar-refractivity contribution in [2.75, 3.05) is 13.1 Å². The van der Waals surface area contributed by atoms with E-state index in [-0.39, 0.29) is 25.3 Å². The molecule has 0 heterocycles. The molecule has 0 fully saturated rings. The van der Waals surface area contributed by atoms with E-state index in [4.69, 9.17) is 11.5 Å². The topological polar surface area (TPSA) is 119 Å². The third-order valence-electron chi connectivity index (χ3n) is 4.64. The number of urea groups is 1. The number of benzene rings is 2. The molecule has 2 aromatic carbocycles. The second-order valence-corrected chi connectivity index (χ2v) is 7.73. The summed E-state index contributed by atoms with van der Waals surface area (Å²) in [5, 5.41) is 2.70. The highest BCUT2D eigenvalue weighted by molar-refractivity contribution is 5.86. The summed E-state index contributed by atoms with van der Waals surface area (Å²) < 4.78 is 0. The van der Waals surface area contributed by atoms with Crippen LogP contribution in [0.1, 0.15) is 25.8 Å². The zero-order valence-corrected chi connectivity index (χ0v) is 17.5. The standard InChI is InChI=1S/C23H30N4O3/c1-16(2)15-27(13-12-21(24)28)23(30)26-20(22(25)29)14-17-8-10-19(11-9-17)18-6-4-3-5-7-18/h3-11,16,20H,12-15H2,1-2H3,(H2,24,28)(H2,25,29)(H,26,30)/t20-/m0/s1. The molecular weight excluding hydrogens is 380 g/mol. The van der Waals surface area contributed by atoms with Crippen molar-refractivity contribution < 1.29 is 14.4 Å². The van der Waals surface area contributed by atoms with Gasteiger partial charge in [-0.15, -0.1) is 0 Å². The van der Waals surface area contributed by atoms with Crippen molar-refractivity contribution in [3.05, 3.63) is 60.2 Å². The monoisotopic (exact) mass is 410 g/mol. The van der Waals surface area contributed by atoms with Crippen molar-refractivity contribution >= 4 is 17.8 Å². The van der Waals surface area contributed by atoms with Gasteiger partial charge in [0.05, 0.1) is 0 Å². The van der Waals surface area contributed by atoms with Crippen LogP contribution in [0.5, 0.6) is 0 Å². The first-order chi connectivity index (χ1) is 14.3. The third kappa shape index (κ3) is 7.24. The first-order valence-corrected chi connectivity index (χ1v) is 10.0. The molecule has 0 unspecified atom stereocenters. The Morgan fingerprint density at radius 2 is 1.53 bits per heavy atom. The quantitative estimate of drug-likeness (QED) is 0.557. The average Bonchev–Trinajstić information content (AvgIpc) is 2.71. The van der Waals surface area contributed by atoms with Crippen molar-refractivity contribution in [1.82, 2.24) is 10.2 Å². The minimum Gasteiger partial charge on any atom is -0.370 e. The Bertz CT molecular complexity index is 851. The fourth-order valence-electron chi connectivity index (χ4n) is 3.12. The van der Waals surface area contributed by atoms with Gasteiger partial charge in [-0.3, -0.25) is 9.59 Å². The van der Waals surface area contributed by atoms with Crippen molar-refractivity contribution in [1.29, 1.82) is 0 Å². The van der Waals surface area contributed by atoms with Gasteiger partial charge in [-0.2, -0.15) is 0 Å². The number of nitrogens with one attached hydrogen (secondary N) is 1. The number of hydrogen-bond acceptors (Lipinski definition) is 3. The lowest BCUT2D eigenvalue weighted by atomic mass is 10.0. The van der Waals surface area contributed by atoms with Crippen LogP contribution < -0.4 is 16.8 Å². The largest absolute Gasteiger partial charge is 0.370 e. The van der Waals surface area contributed by atoms with Crippen LogP contribution in [0.4, 0.5) is 4.79 Å². The second kappa shape index (κ2) is 11.0. The molecule has 30 heavy (non-hydrogen) atoms. The van der Waals surface area contributed by atoms with Crippen molar-refractivity contribution in [3.63, 3.8) is 0 Å². The highest BCUT2D eigenvalue weighted by Crippen LogP contribution is 2.19. The molecule has 0 aliphatic heterocycles. The van der Waals surface area contributed by atoms with Gasteiger partial charge in [-0.1, -0.05) is 68.4 Å². The van der Waals surface area contributed by atoms with Gasteiger partial charge in [0.2, 0.25) is 11.8 Å². The summed E-state index contributed by atoms with van der Waals surface area (Å²) in [7, 11) is 0. The lowest BCUT2D eigenvalue weighted by Gasteiger charge is -2.26. The molecule has 0 bridgehead atoms. The predicted molar refractivity (Wildman–Crippen MR) is 117 cm³/mol. The van der Waals surface area contributed by atoms with Crippen LogP contribution in [0.3, 0.4) is 0 Å². The number of nitrogens with two attached hydrogens (primary N) is 2. The smallest absolute Gasteiger partial charge is 0.318 e. The summed E-state index contributed by atoms with van der Waals surface area (Å²) in [6, 6.07) is 16.5. The third-order valence-corrected chi connectivity index (χ3v) is 4.64. The lowest BCUT2D eigenvalue weighted by molar-refractivity contribution is -0.120. The fraction of sp³-hybridized carbons (Fsp3) is 0.348. The number of rotatable bonds is 10. The van der Waals surface area contributed by atoms with Crippen molar-refractivity contribution in [2.45, 2.75) is 32.7 Å². The lowest BCUT2D eigenvalue weighted by Crippen LogP contribution is -2.52. The minimum atomic E-state index is -0.858. The van der Waals surface area contributed by atoms with Gasteiger partial charge in [0, 0.05) is 25.9 Å². The fourth-order valence-corrected chi connectivity index (χ4v) is 3.12. The maximum Gasteiger partial charge on any atom is 0.318 e. The van der Waals surface area contributed by atoms with Crippen molar-refractivity contribution in [3.8, 4) is 11.1 Å². The predicted octanol–water partition coefficient (Wildman–Crippen LogP) is 2.29. The molecule has 0 aliphatic carbocycles. The van der Waals surface area contributed by atoms with Gasteiger partial charge >= 0.3 is 6.03 Å². The van der Waals surface area contributed by atoms with Crippen molar-refractivity contribution in [2.24, 2.45) is 17.4 Å². The average molecular weight is 411 g/mol. The molecule has 7 nitrogen and oxygen atoms in total. The van der Waals surface area contributed by atoms with Gasteiger partial charge in [0.25, 0.3) is 0 Å². The van der Waals surface area contributed by atoms with E-state index >= 15 is 0 Å². The molecule has 0 radical (unpaired) electrons.